The fraction of sp³-hybridized carbons (Fsp3) is 0.188. The van der Waals surface area contributed by atoms with E-state index in [0.29, 0.717) is 6.61 Å². The second-order valence-electron chi connectivity index (χ2n) is 4.63. The van der Waals surface area contributed by atoms with Gasteiger partial charge in [0.1, 0.15) is 12.4 Å². The second kappa shape index (κ2) is 6.39. The Labute approximate surface area is 122 Å². The highest BCUT2D eigenvalue weighted by atomic mass is 32.1. The van der Waals surface area contributed by atoms with Gasteiger partial charge in [0, 0.05) is 11.0 Å². The van der Waals surface area contributed by atoms with Crippen molar-refractivity contribution in [1.29, 1.82) is 0 Å². The summed E-state index contributed by atoms with van der Waals surface area (Å²) in [6.45, 7) is 4.58. The Hall–Kier alpha value is -2.07. The van der Waals surface area contributed by atoms with Crippen LogP contribution < -0.4 is 4.74 Å². The number of benzene rings is 1. The van der Waals surface area contributed by atoms with Gasteiger partial charge in [-0.25, -0.2) is 4.79 Å². The molecule has 3 nitrogen and oxygen atoms in total. The minimum Gasteiger partial charge on any atom is -0.488 e. The van der Waals surface area contributed by atoms with Crippen molar-refractivity contribution >= 4 is 23.4 Å². The summed E-state index contributed by atoms with van der Waals surface area (Å²) in [4.78, 5) is 11.5. The topological polar surface area (TPSA) is 46.5 Å². The number of carboxylic acids is 1. The fourth-order valence-corrected chi connectivity index (χ4v) is 2.66. The predicted molar refractivity (Wildman–Crippen MR) is 81.2 cm³/mol. The molecule has 2 rings (SSSR count). The van der Waals surface area contributed by atoms with E-state index in [4.69, 9.17) is 9.84 Å². The van der Waals surface area contributed by atoms with Crippen LogP contribution in [-0.2, 0) is 11.4 Å². The Balaban J connectivity index is 1.99. The van der Waals surface area contributed by atoms with Crippen molar-refractivity contribution in [3.63, 3.8) is 0 Å². The zero-order valence-corrected chi connectivity index (χ0v) is 12.2. The first-order chi connectivity index (χ1) is 9.52. The van der Waals surface area contributed by atoms with Gasteiger partial charge in [0.25, 0.3) is 0 Å². The van der Waals surface area contributed by atoms with Gasteiger partial charge in [0.2, 0.25) is 0 Å². The number of hydrogen-bond acceptors (Lipinski definition) is 3. The summed E-state index contributed by atoms with van der Waals surface area (Å²) >= 11 is 1.56. The van der Waals surface area contributed by atoms with Crippen LogP contribution in [0.2, 0.25) is 0 Å². The predicted octanol–water partition coefficient (Wildman–Crippen LogP) is 4.04. The molecule has 0 aliphatic carbocycles. The lowest BCUT2D eigenvalue weighted by atomic mass is 10.1. The summed E-state index contributed by atoms with van der Waals surface area (Å²) in [6, 6.07) is 8.05. The maximum atomic E-state index is 10.4. The minimum atomic E-state index is -0.941. The number of rotatable bonds is 5. The molecule has 104 valence electrons. The average Bonchev–Trinajstić information content (AvgIpc) is 2.81. The standard InChI is InChI=1S/C16H16O3S/c1-11-5-12(2)7-14(6-11)19-9-15-8-13(10-20-15)3-4-16(17)18/h3-8,10H,9H2,1-2H3,(H,17,18). The van der Waals surface area contributed by atoms with Crippen LogP contribution in [-0.4, -0.2) is 11.1 Å². The molecule has 0 aliphatic heterocycles. The third kappa shape index (κ3) is 4.24. The smallest absolute Gasteiger partial charge is 0.328 e. The molecule has 0 unspecified atom stereocenters. The maximum Gasteiger partial charge on any atom is 0.328 e. The van der Waals surface area contributed by atoms with E-state index in [9.17, 15) is 4.79 Å². The van der Waals surface area contributed by atoms with Crippen LogP contribution in [0.5, 0.6) is 5.75 Å². The number of aliphatic carboxylic acids is 1. The van der Waals surface area contributed by atoms with Gasteiger partial charge < -0.3 is 9.84 Å². The molecular formula is C16H16O3S. The summed E-state index contributed by atoms with van der Waals surface area (Å²) in [6.07, 6.45) is 2.72. The van der Waals surface area contributed by atoms with Crippen LogP contribution in [0.4, 0.5) is 0 Å². The van der Waals surface area contributed by atoms with Crippen molar-refractivity contribution < 1.29 is 14.6 Å². The molecule has 4 heteroatoms. The fourth-order valence-electron chi connectivity index (χ4n) is 1.90. The first-order valence-electron chi connectivity index (χ1n) is 6.22. The van der Waals surface area contributed by atoms with Gasteiger partial charge in [0.15, 0.2) is 0 Å². The molecule has 0 aliphatic rings. The minimum absolute atomic E-state index is 0.495. The molecule has 1 heterocycles. The van der Waals surface area contributed by atoms with Crippen LogP contribution in [0.25, 0.3) is 6.08 Å². The molecule has 0 radical (unpaired) electrons. The van der Waals surface area contributed by atoms with Crippen molar-refractivity contribution in [3.8, 4) is 5.75 Å². The number of carbonyl (C=O) groups is 1. The van der Waals surface area contributed by atoms with Gasteiger partial charge in [-0.2, -0.15) is 0 Å². The number of thiophene rings is 1. The van der Waals surface area contributed by atoms with Gasteiger partial charge in [-0.1, -0.05) is 6.07 Å². The van der Waals surface area contributed by atoms with Crippen LogP contribution in [0.3, 0.4) is 0 Å². The van der Waals surface area contributed by atoms with E-state index in [1.165, 1.54) is 11.1 Å². The zero-order valence-electron chi connectivity index (χ0n) is 11.4. The third-order valence-corrected chi connectivity index (χ3v) is 3.60. The van der Waals surface area contributed by atoms with Crippen LogP contribution >= 0.6 is 11.3 Å². The summed E-state index contributed by atoms with van der Waals surface area (Å²) in [5, 5.41) is 10.5. The Morgan fingerprint density at radius 3 is 2.60 bits per heavy atom. The molecular weight excluding hydrogens is 272 g/mol. The van der Waals surface area contributed by atoms with E-state index < -0.39 is 5.97 Å². The lowest BCUT2D eigenvalue weighted by Gasteiger charge is -2.06. The molecule has 0 bridgehead atoms. The van der Waals surface area contributed by atoms with E-state index in [1.807, 2.05) is 37.4 Å². The van der Waals surface area contributed by atoms with Gasteiger partial charge in [0.05, 0.1) is 0 Å². The highest BCUT2D eigenvalue weighted by Gasteiger charge is 2.01. The molecule has 0 saturated carbocycles. The van der Waals surface area contributed by atoms with Crippen molar-refractivity contribution in [3.05, 3.63) is 57.3 Å². The summed E-state index contributed by atoms with van der Waals surface area (Å²) in [7, 11) is 0. The summed E-state index contributed by atoms with van der Waals surface area (Å²) < 4.78 is 5.76. The maximum absolute atomic E-state index is 10.4. The molecule has 2 aromatic rings. The lowest BCUT2D eigenvalue weighted by molar-refractivity contribution is -0.131. The largest absolute Gasteiger partial charge is 0.488 e. The SMILES string of the molecule is Cc1cc(C)cc(OCc2cc(C=CC(=O)O)cs2)c1. The normalized spacial score (nSPS) is 10.9. The first-order valence-corrected chi connectivity index (χ1v) is 7.10. The lowest BCUT2D eigenvalue weighted by Crippen LogP contribution is -1.93. The van der Waals surface area contributed by atoms with Crippen molar-refractivity contribution in [2.75, 3.05) is 0 Å². The number of hydrogen-bond donors (Lipinski definition) is 1. The monoisotopic (exact) mass is 288 g/mol. The van der Waals surface area contributed by atoms with Crippen molar-refractivity contribution in [2.24, 2.45) is 0 Å². The van der Waals surface area contributed by atoms with E-state index in [-0.39, 0.29) is 0 Å². The highest BCUT2D eigenvalue weighted by molar-refractivity contribution is 7.10. The Kier molecular flexibility index (Phi) is 4.58. The molecule has 20 heavy (non-hydrogen) atoms. The second-order valence-corrected chi connectivity index (χ2v) is 5.63. The molecule has 1 aromatic carbocycles. The molecule has 0 saturated heterocycles. The van der Waals surface area contributed by atoms with Gasteiger partial charge in [-0.05, 0) is 60.2 Å². The van der Waals surface area contributed by atoms with Gasteiger partial charge in [-0.15, -0.1) is 11.3 Å². The average molecular weight is 288 g/mol. The van der Waals surface area contributed by atoms with Gasteiger partial charge >= 0.3 is 5.97 Å². The Morgan fingerprint density at radius 2 is 1.95 bits per heavy atom. The summed E-state index contributed by atoms with van der Waals surface area (Å²) in [5.41, 5.74) is 3.24. The number of carboxylic acid groups (broad SMARTS) is 1. The Morgan fingerprint density at radius 1 is 1.25 bits per heavy atom. The van der Waals surface area contributed by atoms with Crippen LogP contribution in [0.1, 0.15) is 21.6 Å². The number of aryl methyl sites for hydroxylation is 2. The van der Waals surface area contributed by atoms with Crippen molar-refractivity contribution in [1.82, 2.24) is 0 Å². The Bertz CT molecular complexity index is 621. The third-order valence-electron chi connectivity index (χ3n) is 2.67. The van der Waals surface area contributed by atoms with Gasteiger partial charge in [-0.3, -0.25) is 0 Å². The van der Waals surface area contributed by atoms with E-state index >= 15 is 0 Å². The molecule has 1 N–H and O–H groups in total. The molecule has 1 aromatic heterocycles. The highest BCUT2D eigenvalue weighted by Crippen LogP contribution is 2.21. The van der Waals surface area contributed by atoms with E-state index in [2.05, 4.69) is 6.07 Å². The molecule has 0 fully saturated rings. The van der Waals surface area contributed by atoms with Crippen LogP contribution in [0, 0.1) is 13.8 Å². The first kappa shape index (κ1) is 14.3. The van der Waals surface area contributed by atoms with Crippen molar-refractivity contribution in [2.45, 2.75) is 20.5 Å². The van der Waals surface area contributed by atoms with E-state index in [0.717, 1.165) is 22.3 Å². The quantitative estimate of drug-likeness (QED) is 0.845. The molecule has 0 spiro atoms. The summed E-state index contributed by atoms with van der Waals surface area (Å²) in [5.74, 6) is -0.0808. The zero-order chi connectivity index (χ0) is 14.5. The van der Waals surface area contributed by atoms with E-state index in [1.54, 1.807) is 17.4 Å². The van der Waals surface area contributed by atoms with Crippen LogP contribution in [0.15, 0.2) is 35.7 Å². The number of ether oxygens (including phenoxy) is 1. The molecule has 0 amide bonds. The molecule has 0 atom stereocenters.